The molecule has 0 saturated carbocycles. The van der Waals surface area contributed by atoms with Gasteiger partial charge >= 0.3 is 6.36 Å². The zero-order chi connectivity index (χ0) is 17.3. The van der Waals surface area contributed by atoms with Gasteiger partial charge in [-0.05, 0) is 52.3 Å². The van der Waals surface area contributed by atoms with Crippen LogP contribution in [-0.4, -0.2) is 20.9 Å². The van der Waals surface area contributed by atoms with Gasteiger partial charge in [0, 0.05) is 16.2 Å². The minimum atomic E-state index is -4.73. The van der Waals surface area contributed by atoms with Crippen LogP contribution in [0.15, 0.2) is 53.4 Å². The second kappa shape index (κ2) is 6.45. The maximum Gasteiger partial charge on any atom is 0.573 e. The lowest BCUT2D eigenvalue weighted by atomic mass is 10.1. The summed E-state index contributed by atoms with van der Waals surface area (Å²) >= 11 is 9.43. The van der Waals surface area contributed by atoms with Crippen molar-refractivity contribution in [2.75, 3.05) is 0 Å². The molecular formula is C15H8BrClF3N3O. The first kappa shape index (κ1) is 16.8. The highest BCUT2D eigenvalue weighted by Gasteiger charge is 2.31. The molecule has 0 aliphatic heterocycles. The molecule has 0 amide bonds. The van der Waals surface area contributed by atoms with Gasteiger partial charge in [-0.1, -0.05) is 11.6 Å². The van der Waals surface area contributed by atoms with Gasteiger partial charge in [0.1, 0.15) is 17.9 Å². The second-order valence-electron chi connectivity index (χ2n) is 4.66. The highest BCUT2D eigenvalue weighted by molar-refractivity contribution is 9.10. The van der Waals surface area contributed by atoms with Crippen LogP contribution >= 0.6 is 27.5 Å². The molecule has 2 aromatic heterocycles. The molecule has 0 fully saturated rings. The van der Waals surface area contributed by atoms with Crippen molar-refractivity contribution in [1.82, 2.24) is 14.5 Å². The van der Waals surface area contributed by atoms with Crippen LogP contribution in [0.5, 0.6) is 5.75 Å². The summed E-state index contributed by atoms with van der Waals surface area (Å²) in [6.45, 7) is 0. The molecule has 9 heteroatoms. The topological polar surface area (TPSA) is 39.9 Å². The molecule has 3 aromatic rings. The Kier molecular flexibility index (Phi) is 4.51. The quantitative estimate of drug-likeness (QED) is 0.583. The number of hydrogen-bond acceptors (Lipinski definition) is 3. The van der Waals surface area contributed by atoms with Gasteiger partial charge in [-0.3, -0.25) is 4.57 Å². The minimum Gasteiger partial charge on any atom is -0.406 e. The van der Waals surface area contributed by atoms with Crippen molar-refractivity contribution in [2.45, 2.75) is 6.36 Å². The van der Waals surface area contributed by atoms with Gasteiger partial charge in [-0.2, -0.15) is 0 Å². The van der Waals surface area contributed by atoms with Gasteiger partial charge in [-0.15, -0.1) is 13.2 Å². The van der Waals surface area contributed by atoms with Crippen LogP contribution in [-0.2, 0) is 0 Å². The van der Waals surface area contributed by atoms with Crippen LogP contribution in [0.2, 0.25) is 5.15 Å². The lowest BCUT2D eigenvalue weighted by molar-refractivity contribution is -0.274. The Morgan fingerprint density at radius 1 is 1.04 bits per heavy atom. The number of ether oxygens (including phenoxy) is 1. The van der Waals surface area contributed by atoms with E-state index in [1.165, 1.54) is 30.6 Å². The Hall–Kier alpha value is -2.06. The van der Waals surface area contributed by atoms with Crippen LogP contribution in [0.1, 0.15) is 0 Å². The lowest BCUT2D eigenvalue weighted by Gasteiger charge is -2.11. The summed E-state index contributed by atoms with van der Waals surface area (Å²) in [6.07, 6.45) is -1.62. The van der Waals surface area contributed by atoms with Crippen LogP contribution in [0.4, 0.5) is 13.2 Å². The number of halogens is 5. The summed E-state index contributed by atoms with van der Waals surface area (Å²) < 4.78 is 43.0. The molecule has 0 N–H and O–H groups in total. The summed E-state index contributed by atoms with van der Waals surface area (Å²) in [5, 5.41) is 0.212. The Morgan fingerprint density at radius 3 is 2.33 bits per heavy atom. The average Bonchev–Trinajstić information content (AvgIpc) is 2.89. The normalized spacial score (nSPS) is 11.5. The summed E-state index contributed by atoms with van der Waals surface area (Å²) in [5.74, 6) is 0.262. The summed E-state index contributed by atoms with van der Waals surface area (Å²) in [7, 11) is 0. The zero-order valence-corrected chi connectivity index (χ0v) is 14.1. The molecule has 1 aromatic carbocycles. The summed E-state index contributed by atoms with van der Waals surface area (Å²) in [6, 6.07) is 8.93. The van der Waals surface area contributed by atoms with Gasteiger partial charge in [0.25, 0.3) is 0 Å². The van der Waals surface area contributed by atoms with Gasteiger partial charge in [-0.25, -0.2) is 9.97 Å². The highest BCUT2D eigenvalue weighted by atomic mass is 79.9. The summed E-state index contributed by atoms with van der Waals surface area (Å²) in [5.41, 5.74) is 1.10. The molecule has 0 aliphatic rings. The predicted octanol–water partition coefficient (Wildman–Crippen LogP) is 5.25. The van der Waals surface area contributed by atoms with Crippen molar-refractivity contribution in [3.05, 3.63) is 58.5 Å². The third-order valence-electron chi connectivity index (χ3n) is 3.04. The fourth-order valence-electron chi connectivity index (χ4n) is 2.08. The zero-order valence-electron chi connectivity index (χ0n) is 11.8. The summed E-state index contributed by atoms with van der Waals surface area (Å²) in [4.78, 5) is 8.30. The Balaban J connectivity index is 1.98. The lowest BCUT2D eigenvalue weighted by Crippen LogP contribution is -2.16. The van der Waals surface area contributed by atoms with Crippen molar-refractivity contribution in [3.63, 3.8) is 0 Å². The molecule has 0 aliphatic carbocycles. The number of rotatable bonds is 3. The molecule has 24 heavy (non-hydrogen) atoms. The second-order valence-corrected chi connectivity index (χ2v) is 5.93. The van der Waals surface area contributed by atoms with E-state index < -0.39 is 6.36 Å². The minimum absolute atomic E-state index is 0.212. The monoisotopic (exact) mass is 417 g/mol. The molecule has 0 radical (unpaired) electrons. The number of hydrogen-bond donors (Lipinski definition) is 0. The predicted molar refractivity (Wildman–Crippen MR) is 86.2 cm³/mol. The van der Waals surface area contributed by atoms with Crippen molar-refractivity contribution in [3.8, 4) is 22.8 Å². The maximum atomic E-state index is 12.2. The molecule has 0 bridgehead atoms. The van der Waals surface area contributed by atoms with Crippen LogP contribution < -0.4 is 4.74 Å². The molecule has 0 atom stereocenters. The van der Waals surface area contributed by atoms with E-state index in [9.17, 15) is 13.2 Å². The van der Waals surface area contributed by atoms with Crippen molar-refractivity contribution < 1.29 is 17.9 Å². The van der Waals surface area contributed by atoms with E-state index in [0.717, 1.165) is 4.47 Å². The number of pyridine rings is 1. The number of benzene rings is 1. The smallest absolute Gasteiger partial charge is 0.406 e. The van der Waals surface area contributed by atoms with Gasteiger partial charge < -0.3 is 4.74 Å². The van der Waals surface area contributed by atoms with Crippen LogP contribution in [0.25, 0.3) is 17.1 Å². The van der Waals surface area contributed by atoms with Crippen molar-refractivity contribution in [2.24, 2.45) is 0 Å². The van der Waals surface area contributed by atoms with Gasteiger partial charge in [0.2, 0.25) is 0 Å². The fourth-order valence-corrected chi connectivity index (χ4v) is 2.56. The molecule has 124 valence electrons. The maximum absolute atomic E-state index is 12.2. The Morgan fingerprint density at radius 2 is 1.75 bits per heavy atom. The number of aromatic nitrogens is 3. The van der Waals surface area contributed by atoms with Crippen molar-refractivity contribution >= 4 is 27.5 Å². The van der Waals surface area contributed by atoms with E-state index in [2.05, 4.69) is 30.6 Å². The van der Waals surface area contributed by atoms with Crippen LogP contribution in [0, 0.1) is 0 Å². The molecule has 0 saturated heterocycles. The van der Waals surface area contributed by atoms with E-state index in [4.69, 9.17) is 11.6 Å². The highest BCUT2D eigenvalue weighted by Crippen LogP contribution is 2.31. The standard InChI is InChI=1S/C15H8BrClF3N3O/c16-10-3-6-12(21-7-10)23-8-22-14(17)13(23)9-1-4-11(5-2-9)24-15(18,19)20/h1-8H. The molecule has 4 nitrogen and oxygen atoms in total. The largest absolute Gasteiger partial charge is 0.573 e. The molecule has 0 spiro atoms. The van der Waals surface area contributed by atoms with E-state index in [1.807, 2.05) is 0 Å². The first-order valence-corrected chi connectivity index (χ1v) is 7.71. The Labute approximate surface area is 148 Å². The van der Waals surface area contributed by atoms with Gasteiger partial charge in [0.15, 0.2) is 5.15 Å². The average molecular weight is 419 g/mol. The number of imidazole rings is 1. The molecule has 2 heterocycles. The molecular weight excluding hydrogens is 411 g/mol. The van der Waals surface area contributed by atoms with E-state index in [-0.39, 0.29) is 10.9 Å². The SMILES string of the molecule is FC(F)(F)Oc1ccc(-c2c(Cl)ncn2-c2ccc(Br)cn2)cc1. The fraction of sp³-hybridized carbons (Fsp3) is 0.0667. The third kappa shape index (κ3) is 3.70. The van der Waals surface area contributed by atoms with Gasteiger partial charge in [0.05, 0.1) is 5.69 Å². The first-order valence-electron chi connectivity index (χ1n) is 6.54. The van der Waals surface area contributed by atoms with E-state index >= 15 is 0 Å². The number of nitrogens with zero attached hydrogens (tertiary/aromatic N) is 3. The van der Waals surface area contributed by atoms with Crippen LogP contribution in [0.3, 0.4) is 0 Å². The van der Waals surface area contributed by atoms with E-state index in [0.29, 0.717) is 17.1 Å². The number of alkyl halides is 3. The third-order valence-corrected chi connectivity index (χ3v) is 3.79. The van der Waals surface area contributed by atoms with Crippen molar-refractivity contribution in [1.29, 1.82) is 0 Å². The first-order chi connectivity index (χ1) is 11.3. The molecule has 3 rings (SSSR count). The molecule has 0 unspecified atom stereocenters. The Bertz CT molecular complexity index is 848. The van der Waals surface area contributed by atoms with E-state index in [1.54, 1.807) is 22.9 Å².